The summed E-state index contributed by atoms with van der Waals surface area (Å²) in [6, 6.07) is 15.0. The highest BCUT2D eigenvalue weighted by atomic mass is 19.1. The van der Waals surface area contributed by atoms with Gasteiger partial charge in [0, 0.05) is 29.5 Å². The van der Waals surface area contributed by atoms with Gasteiger partial charge in [0.2, 0.25) is 5.91 Å². The number of nitrogens with zero attached hydrogens (tertiary/aromatic N) is 2. The molecule has 3 fully saturated rings. The van der Waals surface area contributed by atoms with Gasteiger partial charge in [-0.3, -0.25) is 14.5 Å². The van der Waals surface area contributed by atoms with Gasteiger partial charge in [-0.05, 0) is 111 Å². The number of benzene rings is 2. The summed E-state index contributed by atoms with van der Waals surface area (Å²) in [7, 11) is 0. The number of likely N-dealkylation sites (tertiary alicyclic amines) is 1. The van der Waals surface area contributed by atoms with Crippen LogP contribution in [0.2, 0.25) is 0 Å². The average molecular weight is 554 g/mol. The summed E-state index contributed by atoms with van der Waals surface area (Å²) in [6.45, 7) is 4.27. The molecule has 4 aliphatic rings. The number of carbonyl (C=O) groups is 2. The standard InChI is InChI=1S/C35H40FN3O2/c1-24(9-5-6-21-36)25(2)33(40)38-22-8-20-35(34(41)39(35)31-19-16-26-10-7-11-28(26)23-31)32(38)27-14-17-30(18-15-27)37-29-12-3-4-13-29/h5-6,9,14-19,21,23,29,32,37H,3-4,7-8,10-13,20,22H2,1-2H3/b9-5-,21-6+,25-24+. The first-order valence-electron chi connectivity index (χ1n) is 15.2. The van der Waals surface area contributed by atoms with Crippen molar-refractivity contribution in [2.75, 3.05) is 16.8 Å². The summed E-state index contributed by atoms with van der Waals surface area (Å²) < 4.78 is 12.5. The van der Waals surface area contributed by atoms with Crippen LogP contribution in [0.5, 0.6) is 0 Å². The van der Waals surface area contributed by atoms with Crippen LogP contribution in [-0.4, -0.2) is 34.8 Å². The third-order valence-corrected chi connectivity index (χ3v) is 9.64. The Morgan fingerprint density at radius 3 is 2.49 bits per heavy atom. The molecule has 2 aliphatic carbocycles. The van der Waals surface area contributed by atoms with E-state index in [0.717, 1.165) is 48.2 Å². The quantitative estimate of drug-likeness (QED) is 0.222. The second kappa shape index (κ2) is 11.3. The maximum Gasteiger partial charge on any atom is 0.256 e. The van der Waals surface area contributed by atoms with Crippen LogP contribution >= 0.6 is 0 Å². The van der Waals surface area contributed by atoms with Crippen LogP contribution in [-0.2, 0) is 22.4 Å². The number of fused-ring (bicyclic) bond motifs is 1. The minimum Gasteiger partial charge on any atom is -0.382 e. The van der Waals surface area contributed by atoms with Gasteiger partial charge in [-0.1, -0.05) is 43.2 Å². The normalized spacial score (nSPS) is 25.0. The molecule has 1 N–H and O–H groups in total. The number of piperidine rings is 1. The highest BCUT2D eigenvalue weighted by molar-refractivity contribution is 6.21. The van der Waals surface area contributed by atoms with E-state index < -0.39 is 11.6 Å². The molecule has 1 saturated carbocycles. The topological polar surface area (TPSA) is 52.4 Å². The summed E-state index contributed by atoms with van der Waals surface area (Å²) in [5, 5.41) is 3.66. The Kier molecular flexibility index (Phi) is 7.58. The molecule has 2 aromatic carbocycles. The van der Waals surface area contributed by atoms with Gasteiger partial charge >= 0.3 is 0 Å². The molecule has 6 heteroatoms. The third-order valence-electron chi connectivity index (χ3n) is 9.64. The number of rotatable bonds is 7. The number of hydrogen-bond acceptors (Lipinski definition) is 3. The lowest BCUT2D eigenvalue weighted by Crippen LogP contribution is -2.49. The molecule has 2 saturated heterocycles. The van der Waals surface area contributed by atoms with Gasteiger partial charge in [0.15, 0.2) is 5.54 Å². The van der Waals surface area contributed by atoms with Crippen molar-refractivity contribution in [1.82, 2.24) is 4.90 Å². The predicted octanol–water partition coefficient (Wildman–Crippen LogP) is 7.35. The molecule has 5 nitrogen and oxygen atoms in total. The molecule has 2 heterocycles. The summed E-state index contributed by atoms with van der Waals surface area (Å²) >= 11 is 0. The van der Waals surface area contributed by atoms with Gasteiger partial charge in [-0.2, -0.15) is 0 Å². The molecule has 214 valence electrons. The van der Waals surface area contributed by atoms with E-state index in [0.29, 0.717) is 30.9 Å². The molecule has 1 spiro atoms. The molecular weight excluding hydrogens is 513 g/mol. The van der Waals surface area contributed by atoms with Crippen molar-refractivity contribution >= 4 is 23.2 Å². The molecule has 2 unspecified atom stereocenters. The number of halogens is 1. The van der Waals surface area contributed by atoms with Gasteiger partial charge in [-0.25, -0.2) is 4.39 Å². The minimum absolute atomic E-state index is 0.0813. The monoisotopic (exact) mass is 553 g/mol. The van der Waals surface area contributed by atoms with Crippen molar-refractivity contribution in [3.63, 3.8) is 0 Å². The van der Waals surface area contributed by atoms with Gasteiger partial charge < -0.3 is 10.2 Å². The number of hydrogen-bond donors (Lipinski definition) is 1. The maximum atomic E-state index is 14.1. The average Bonchev–Trinajstić information content (AvgIpc) is 3.42. The molecule has 0 bridgehead atoms. The fourth-order valence-electron chi connectivity index (χ4n) is 7.31. The largest absolute Gasteiger partial charge is 0.382 e. The van der Waals surface area contributed by atoms with Crippen molar-refractivity contribution in [3.8, 4) is 0 Å². The number of allylic oxidation sites excluding steroid dienone is 4. The third kappa shape index (κ3) is 5.02. The number of aryl methyl sites for hydroxylation is 2. The highest BCUT2D eigenvalue weighted by Crippen LogP contribution is 2.56. The Balaban J connectivity index is 1.37. The zero-order valence-corrected chi connectivity index (χ0v) is 24.2. The van der Waals surface area contributed by atoms with Crippen LogP contribution in [0.15, 0.2) is 78.2 Å². The van der Waals surface area contributed by atoms with E-state index in [4.69, 9.17) is 0 Å². The Bertz CT molecular complexity index is 1420. The van der Waals surface area contributed by atoms with E-state index in [1.54, 1.807) is 12.2 Å². The van der Waals surface area contributed by atoms with Crippen LogP contribution < -0.4 is 10.2 Å². The van der Waals surface area contributed by atoms with E-state index in [1.165, 1.54) is 42.9 Å². The first-order valence-corrected chi connectivity index (χ1v) is 15.2. The molecule has 2 aliphatic heterocycles. The smallest absolute Gasteiger partial charge is 0.256 e. The Morgan fingerprint density at radius 1 is 0.976 bits per heavy atom. The number of nitrogens with one attached hydrogen (secondary N) is 1. The number of anilines is 2. The van der Waals surface area contributed by atoms with E-state index in [1.807, 2.05) is 23.6 Å². The van der Waals surface area contributed by atoms with Crippen LogP contribution in [0, 0.1) is 0 Å². The molecule has 0 radical (unpaired) electrons. The summed E-state index contributed by atoms with van der Waals surface area (Å²) in [4.78, 5) is 31.9. The van der Waals surface area contributed by atoms with Crippen molar-refractivity contribution in [1.29, 1.82) is 0 Å². The Morgan fingerprint density at radius 2 is 1.73 bits per heavy atom. The van der Waals surface area contributed by atoms with Crippen LogP contribution in [0.25, 0.3) is 0 Å². The van der Waals surface area contributed by atoms with Gasteiger partial charge in [-0.15, -0.1) is 0 Å². The second-order valence-electron chi connectivity index (χ2n) is 12.1. The van der Waals surface area contributed by atoms with Crippen molar-refractivity contribution < 1.29 is 14.0 Å². The predicted molar refractivity (Wildman–Crippen MR) is 162 cm³/mol. The minimum atomic E-state index is -0.776. The SMILES string of the molecule is CC(/C=C\C=C\F)=C(/C)C(=O)N1CCCC2(C(=O)N2c2ccc3c(c2)CCC3)C1c1ccc(NC2CCCC2)cc1. The van der Waals surface area contributed by atoms with E-state index in [9.17, 15) is 14.0 Å². The van der Waals surface area contributed by atoms with Crippen LogP contribution in [0.3, 0.4) is 0 Å². The lowest BCUT2D eigenvalue weighted by atomic mass is 9.82. The lowest BCUT2D eigenvalue weighted by Gasteiger charge is -2.41. The second-order valence-corrected chi connectivity index (χ2v) is 12.1. The van der Waals surface area contributed by atoms with Crippen molar-refractivity contribution in [2.45, 2.75) is 89.3 Å². The Hall–Kier alpha value is -3.67. The first kappa shape index (κ1) is 27.5. The highest BCUT2D eigenvalue weighted by Gasteiger charge is 2.70. The molecule has 41 heavy (non-hydrogen) atoms. The Labute approximate surface area is 242 Å². The number of carbonyl (C=O) groups excluding carboxylic acids is 2. The zero-order chi connectivity index (χ0) is 28.6. The first-order chi connectivity index (χ1) is 19.9. The maximum absolute atomic E-state index is 14.1. The summed E-state index contributed by atoms with van der Waals surface area (Å²) in [5.74, 6) is 0.0136. The van der Waals surface area contributed by atoms with E-state index in [2.05, 4.69) is 47.8 Å². The summed E-state index contributed by atoms with van der Waals surface area (Å²) in [5.41, 5.74) is 6.33. The fraction of sp³-hybridized carbons (Fsp3) is 0.429. The molecule has 2 aromatic rings. The molecule has 2 atom stereocenters. The molecule has 2 amide bonds. The van der Waals surface area contributed by atoms with Crippen LogP contribution in [0.1, 0.15) is 81.5 Å². The van der Waals surface area contributed by atoms with Crippen molar-refractivity contribution in [3.05, 3.63) is 94.9 Å². The van der Waals surface area contributed by atoms with Gasteiger partial charge in [0.25, 0.3) is 5.91 Å². The summed E-state index contributed by atoms with van der Waals surface area (Å²) in [6.07, 6.45) is 14.8. The van der Waals surface area contributed by atoms with Crippen molar-refractivity contribution in [2.24, 2.45) is 0 Å². The fourth-order valence-corrected chi connectivity index (χ4v) is 7.31. The molecule has 0 aromatic heterocycles. The van der Waals surface area contributed by atoms with Gasteiger partial charge in [0.1, 0.15) is 0 Å². The van der Waals surface area contributed by atoms with E-state index >= 15 is 0 Å². The number of amides is 2. The van der Waals surface area contributed by atoms with E-state index in [-0.39, 0.29) is 11.8 Å². The molecule has 6 rings (SSSR count). The van der Waals surface area contributed by atoms with Gasteiger partial charge in [0.05, 0.1) is 12.4 Å². The molecular formula is C35H40FN3O2. The lowest BCUT2D eigenvalue weighted by molar-refractivity contribution is -0.132. The zero-order valence-electron chi connectivity index (χ0n) is 24.2. The van der Waals surface area contributed by atoms with Crippen LogP contribution in [0.4, 0.5) is 15.8 Å².